The zero-order chi connectivity index (χ0) is 9.64. The van der Waals surface area contributed by atoms with Gasteiger partial charge in [0.2, 0.25) is 0 Å². The lowest BCUT2D eigenvalue weighted by Crippen LogP contribution is -2.15. The summed E-state index contributed by atoms with van der Waals surface area (Å²) in [6, 6.07) is 1.90. The highest BCUT2D eigenvalue weighted by Crippen LogP contribution is 2.46. The number of carbonyl (C=O) groups is 1. The van der Waals surface area contributed by atoms with Crippen molar-refractivity contribution >= 4 is 53.6 Å². The van der Waals surface area contributed by atoms with Crippen molar-refractivity contribution in [2.45, 2.75) is 9.65 Å². The predicted molar refractivity (Wildman–Crippen MR) is 60.2 cm³/mol. The van der Waals surface area contributed by atoms with Crippen LogP contribution in [0.3, 0.4) is 0 Å². The average Bonchev–Trinajstić information content (AvgIpc) is 2.27. The molecule has 1 aromatic heterocycles. The van der Waals surface area contributed by atoms with Crippen molar-refractivity contribution in [1.82, 2.24) is 4.98 Å². The molecule has 0 aliphatic heterocycles. The number of Topliss-reactive ketones (excluding diaryl/α,β-unsaturated/α-hetero) is 1. The number of ketones is 1. The highest BCUT2D eigenvalue weighted by Gasteiger charge is 2.42. The van der Waals surface area contributed by atoms with Crippen LogP contribution in [-0.4, -0.2) is 10.8 Å². The second-order valence-corrected chi connectivity index (χ2v) is 7.18. The lowest BCUT2D eigenvalue weighted by Gasteiger charge is -2.11. The van der Waals surface area contributed by atoms with Crippen LogP contribution < -0.4 is 0 Å². The van der Waals surface area contributed by atoms with E-state index in [1.807, 2.05) is 6.07 Å². The van der Waals surface area contributed by atoms with Crippen molar-refractivity contribution in [1.29, 1.82) is 0 Å². The second kappa shape index (κ2) is 3.14. The second-order valence-electron chi connectivity index (χ2n) is 2.82. The first kappa shape index (κ1) is 9.80. The Morgan fingerprint density at radius 1 is 1.46 bits per heavy atom. The van der Waals surface area contributed by atoms with Gasteiger partial charge in [-0.15, -0.1) is 0 Å². The van der Waals surface area contributed by atoms with Gasteiger partial charge in [-0.2, -0.15) is 0 Å². The van der Waals surface area contributed by atoms with E-state index in [4.69, 9.17) is 0 Å². The van der Waals surface area contributed by atoms with Gasteiger partial charge in [-0.05, 0) is 22.0 Å². The van der Waals surface area contributed by atoms with Crippen molar-refractivity contribution in [3.63, 3.8) is 0 Å². The van der Waals surface area contributed by atoms with Gasteiger partial charge in [-0.3, -0.25) is 9.78 Å². The van der Waals surface area contributed by atoms with Gasteiger partial charge < -0.3 is 0 Å². The largest absolute Gasteiger partial charge is 0.296 e. The van der Waals surface area contributed by atoms with E-state index in [2.05, 4.69) is 52.8 Å². The van der Waals surface area contributed by atoms with Gasteiger partial charge in [-0.1, -0.05) is 31.9 Å². The fourth-order valence-corrected chi connectivity index (χ4v) is 2.59. The molecule has 0 radical (unpaired) electrons. The molecule has 0 fully saturated rings. The maximum Gasteiger partial charge on any atom is 0.170 e. The van der Waals surface area contributed by atoms with Crippen molar-refractivity contribution in [2.24, 2.45) is 0 Å². The minimum atomic E-state index is -0.730. The number of fused-ring (bicyclic) bond motifs is 1. The minimum Gasteiger partial charge on any atom is -0.296 e. The summed E-state index contributed by atoms with van der Waals surface area (Å²) in [7, 11) is 0. The highest BCUT2D eigenvalue weighted by atomic mass is 79.9. The maximum absolute atomic E-state index is 11.5. The molecule has 1 aliphatic rings. The number of carbonyl (C=O) groups excluding carboxylic acids is 1. The van der Waals surface area contributed by atoms with Crippen molar-refractivity contribution < 1.29 is 4.79 Å². The Kier molecular flexibility index (Phi) is 2.37. The van der Waals surface area contributed by atoms with Crippen LogP contribution >= 0.6 is 47.8 Å². The lowest BCUT2D eigenvalue weighted by molar-refractivity contribution is -0.117. The van der Waals surface area contributed by atoms with Gasteiger partial charge in [0.25, 0.3) is 0 Å². The summed E-state index contributed by atoms with van der Waals surface area (Å²) in [4.78, 5) is 15.7. The fourth-order valence-electron chi connectivity index (χ4n) is 1.29. The number of hydrogen-bond donors (Lipinski definition) is 0. The zero-order valence-electron chi connectivity index (χ0n) is 6.35. The minimum absolute atomic E-state index is 0.0908. The molecule has 1 heterocycles. The number of nitrogens with zero attached hydrogens (tertiary/aromatic N) is 1. The van der Waals surface area contributed by atoms with Crippen LogP contribution in [0.25, 0.3) is 0 Å². The van der Waals surface area contributed by atoms with Crippen molar-refractivity contribution in [3.05, 3.63) is 28.0 Å². The number of halogens is 3. The molecular weight excluding hydrogens is 366 g/mol. The van der Waals surface area contributed by atoms with E-state index in [9.17, 15) is 4.79 Å². The molecule has 1 aliphatic carbocycles. The Morgan fingerprint density at radius 3 is 2.85 bits per heavy atom. The molecule has 2 nitrogen and oxygen atoms in total. The van der Waals surface area contributed by atoms with Crippen LogP contribution in [0.2, 0.25) is 0 Å². The number of aromatic nitrogens is 1. The molecule has 2 rings (SSSR count). The molecule has 13 heavy (non-hydrogen) atoms. The number of hydrogen-bond acceptors (Lipinski definition) is 2. The van der Waals surface area contributed by atoms with E-state index in [1.54, 1.807) is 6.20 Å². The maximum atomic E-state index is 11.5. The average molecular weight is 370 g/mol. The van der Waals surface area contributed by atoms with Gasteiger partial charge >= 0.3 is 0 Å². The van der Waals surface area contributed by atoms with Gasteiger partial charge in [0.1, 0.15) is 0 Å². The quantitative estimate of drug-likeness (QED) is 0.658. The Labute approximate surface area is 101 Å². The van der Waals surface area contributed by atoms with Gasteiger partial charge in [0.15, 0.2) is 9.02 Å². The van der Waals surface area contributed by atoms with E-state index < -0.39 is 3.23 Å². The third-order valence-corrected chi connectivity index (χ3v) is 4.13. The standard InChI is InChI=1S/C8H4Br3NO/c9-4-1-5-6(12-3-4)2-7(13)8(5,10)11/h1,3H,2H2. The first-order valence-corrected chi connectivity index (χ1v) is 5.96. The summed E-state index contributed by atoms with van der Waals surface area (Å²) in [5.41, 5.74) is 1.73. The number of rotatable bonds is 0. The molecule has 0 N–H and O–H groups in total. The smallest absolute Gasteiger partial charge is 0.170 e. The van der Waals surface area contributed by atoms with E-state index in [0.29, 0.717) is 6.42 Å². The molecule has 68 valence electrons. The van der Waals surface area contributed by atoms with Crippen LogP contribution in [0.15, 0.2) is 16.7 Å². The highest BCUT2D eigenvalue weighted by molar-refractivity contribution is 9.25. The first-order valence-electron chi connectivity index (χ1n) is 3.58. The van der Waals surface area contributed by atoms with Crippen molar-refractivity contribution in [3.8, 4) is 0 Å². The molecule has 0 spiro atoms. The summed E-state index contributed by atoms with van der Waals surface area (Å²) < 4.78 is 0.149. The first-order chi connectivity index (χ1) is 6.01. The monoisotopic (exact) mass is 367 g/mol. The van der Waals surface area contributed by atoms with Crippen LogP contribution in [0.4, 0.5) is 0 Å². The van der Waals surface area contributed by atoms with Crippen LogP contribution in [0.5, 0.6) is 0 Å². The Hall–Kier alpha value is 0.260. The molecule has 0 amide bonds. The third-order valence-electron chi connectivity index (χ3n) is 1.95. The molecule has 0 atom stereocenters. The number of alkyl halides is 2. The normalized spacial score (nSPS) is 18.8. The van der Waals surface area contributed by atoms with Crippen LogP contribution in [0, 0.1) is 0 Å². The van der Waals surface area contributed by atoms with Gasteiger partial charge in [0, 0.05) is 16.2 Å². The van der Waals surface area contributed by atoms with Crippen LogP contribution in [0.1, 0.15) is 11.3 Å². The topological polar surface area (TPSA) is 30.0 Å². The zero-order valence-corrected chi connectivity index (χ0v) is 11.1. The Morgan fingerprint density at radius 2 is 2.15 bits per heavy atom. The fraction of sp³-hybridized carbons (Fsp3) is 0.250. The molecule has 5 heteroatoms. The molecule has 0 aromatic carbocycles. The summed E-state index contributed by atoms with van der Waals surface area (Å²) in [6.07, 6.45) is 2.09. The summed E-state index contributed by atoms with van der Waals surface area (Å²) in [5, 5.41) is 0. The summed E-state index contributed by atoms with van der Waals surface area (Å²) >= 11 is 10.0. The van der Waals surface area contributed by atoms with Gasteiger partial charge in [-0.25, -0.2) is 0 Å². The van der Waals surface area contributed by atoms with Crippen molar-refractivity contribution in [2.75, 3.05) is 0 Å². The van der Waals surface area contributed by atoms with E-state index in [1.165, 1.54) is 0 Å². The number of pyridine rings is 1. The van der Waals surface area contributed by atoms with Crippen LogP contribution in [-0.2, 0) is 14.4 Å². The van der Waals surface area contributed by atoms with E-state index >= 15 is 0 Å². The molecule has 0 bridgehead atoms. The Balaban J connectivity index is 2.64. The van der Waals surface area contributed by atoms with Gasteiger partial charge in [0.05, 0.1) is 12.1 Å². The molecule has 1 aromatic rings. The molecular formula is C8H4Br3NO. The Bertz CT molecular complexity index is 389. The lowest BCUT2D eigenvalue weighted by atomic mass is 10.2. The SMILES string of the molecule is O=C1Cc2ncc(Br)cc2C1(Br)Br. The third kappa shape index (κ3) is 1.51. The molecule has 0 unspecified atom stereocenters. The molecule has 0 saturated carbocycles. The van der Waals surface area contributed by atoms with E-state index in [0.717, 1.165) is 15.7 Å². The summed E-state index contributed by atoms with van der Waals surface area (Å²) in [5.74, 6) is 0.0908. The molecule has 0 saturated heterocycles. The predicted octanol–water partition coefficient (Wildman–Crippen LogP) is 2.91. The summed E-state index contributed by atoms with van der Waals surface area (Å²) in [6.45, 7) is 0. The van der Waals surface area contributed by atoms with E-state index in [-0.39, 0.29) is 5.78 Å².